The summed E-state index contributed by atoms with van der Waals surface area (Å²) in [4.78, 5) is 22.2. The molecule has 1 fully saturated rings. The van der Waals surface area contributed by atoms with E-state index >= 15 is 0 Å². The average Bonchev–Trinajstić information content (AvgIpc) is 2.84. The Morgan fingerprint density at radius 1 is 1.39 bits per heavy atom. The summed E-state index contributed by atoms with van der Waals surface area (Å²) in [7, 11) is 0. The van der Waals surface area contributed by atoms with Crippen LogP contribution in [0.15, 0.2) is 30.7 Å². The van der Waals surface area contributed by atoms with Crippen LogP contribution in [-0.2, 0) is 6.42 Å². The first-order valence-corrected chi connectivity index (χ1v) is 7.84. The summed E-state index contributed by atoms with van der Waals surface area (Å²) < 4.78 is 13.9. The van der Waals surface area contributed by atoms with Crippen LogP contribution in [0.5, 0.6) is 0 Å². The largest absolute Gasteiger partial charge is 0.322 e. The number of anilines is 1. The van der Waals surface area contributed by atoms with Gasteiger partial charge < -0.3 is 10.2 Å². The molecule has 2 aromatic heterocycles. The van der Waals surface area contributed by atoms with Crippen molar-refractivity contribution < 1.29 is 9.18 Å². The summed E-state index contributed by atoms with van der Waals surface area (Å²) in [5, 5.41) is 3.29. The lowest BCUT2D eigenvalue weighted by atomic mass is 9.95. The number of fused-ring (bicyclic) bond motifs is 4. The van der Waals surface area contributed by atoms with E-state index in [2.05, 4.69) is 15.3 Å². The lowest BCUT2D eigenvalue weighted by Crippen LogP contribution is -2.44. The molecule has 4 rings (SSSR count). The van der Waals surface area contributed by atoms with Crippen molar-refractivity contribution in [2.45, 2.75) is 31.3 Å². The van der Waals surface area contributed by atoms with E-state index in [1.54, 1.807) is 12.3 Å². The third-order valence-corrected chi connectivity index (χ3v) is 4.74. The fourth-order valence-electron chi connectivity index (χ4n) is 3.59. The van der Waals surface area contributed by atoms with E-state index in [1.165, 1.54) is 12.4 Å². The molecule has 0 saturated carbocycles. The molecule has 2 bridgehead atoms. The molecule has 0 aliphatic carbocycles. The van der Waals surface area contributed by atoms with Gasteiger partial charge in [-0.15, -0.1) is 0 Å². The van der Waals surface area contributed by atoms with Crippen LogP contribution >= 0.6 is 11.6 Å². The van der Waals surface area contributed by atoms with Crippen LogP contribution in [0.3, 0.4) is 0 Å². The van der Waals surface area contributed by atoms with Gasteiger partial charge in [-0.05, 0) is 37.0 Å². The molecule has 2 aliphatic rings. The number of rotatable bonds is 1. The molecule has 23 heavy (non-hydrogen) atoms. The molecular formula is C16H14ClFN4O. The summed E-state index contributed by atoms with van der Waals surface area (Å²) in [5.74, 6) is -0.418. The van der Waals surface area contributed by atoms with E-state index in [4.69, 9.17) is 11.6 Å². The number of pyridine rings is 2. The van der Waals surface area contributed by atoms with E-state index < -0.39 is 5.95 Å². The van der Waals surface area contributed by atoms with Gasteiger partial charge in [0.05, 0.1) is 22.9 Å². The molecule has 0 aromatic carbocycles. The molecule has 2 aliphatic heterocycles. The average molecular weight is 333 g/mol. The quantitative estimate of drug-likeness (QED) is 0.812. The minimum atomic E-state index is -0.418. The van der Waals surface area contributed by atoms with Crippen molar-refractivity contribution >= 4 is 23.3 Å². The van der Waals surface area contributed by atoms with Gasteiger partial charge in [-0.3, -0.25) is 4.98 Å². The van der Waals surface area contributed by atoms with Gasteiger partial charge in [-0.2, -0.15) is 4.39 Å². The first kappa shape index (κ1) is 14.4. The molecule has 2 aromatic rings. The Hall–Kier alpha value is -2.21. The minimum absolute atomic E-state index is 0.00153. The summed E-state index contributed by atoms with van der Waals surface area (Å²) in [6, 6.07) is 3.15. The van der Waals surface area contributed by atoms with Crippen molar-refractivity contribution in [2.75, 3.05) is 5.32 Å². The number of amides is 2. The first-order chi connectivity index (χ1) is 11.1. The molecule has 0 radical (unpaired) electrons. The van der Waals surface area contributed by atoms with E-state index in [-0.39, 0.29) is 18.1 Å². The van der Waals surface area contributed by atoms with Gasteiger partial charge in [0.2, 0.25) is 5.95 Å². The zero-order valence-electron chi connectivity index (χ0n) is 12.2. The van der Waals surface area contributed by atoms with Gasteiger partial charge in [0.25, 0.3) is 0 Å². The molecule has 4 heterocycles. The second-order valence-electron chi connectivity index (χ2n) is 5.85. The minimum Gasteiger partial charge on any atom is -0.314 e. The van der Waals surface area contributed by atoms with Crippen molar-refractivity contribution in [1.29, 1.82) is 0 Å². The number of carbonyl (C=O) groups is 1. The second-order valence-corrected chi connectivity index (χ2v) is 6.29. The van der Waals surface area contributed by atoms with Crippen LogP contribution < -0.4 is 5.32 Å². The molecular weight excluding hydrogens is 319 g/mol. The van der Waals surface area contributed by atoms with Crippen molar-refractivity contribution in [2.24, 2.45) is 0 Å². The Bertz CT molecular complexity index is 784. The van der Waals surface area contributed by atoms with Crippen molar-refractivity contribution in [1.82, 2.24) is 14.9 Å². The van der Waals surface area contributed by atoms with Crippen molar-refractivity contribution in [3.63, 3.8) is 0 Å². The number of hydrogen-bond donors (Lipinski definition) is 1. The molecule has 1 N–H and O–H groups in total. The fourth-order valence-corrected chi connectivity index (χ4v) is 3.77. The van der Waals surface area contributed by atoms with Gasteiger partial charge in [0, 0.05) is 24.0 Å². The molecule has 2 atom stereocenters. The zero-order valence-corrected chi connectivity index (χ0v) is 12.9. The molecule has 1 saturated heterocycles. The van der Waals surface area contributed by atoms with Crippen LogP contribution in [0.1, 0.15) is 30.0 Å². The van der Waals surface area contributed by atoms with Crippen LogP contribution in [0.4, 0.5) is 14.9 Å². The summed E-state index contributed by atoms with van der Waals surface area (Å²) in [6.45, 7) is 0. The van der Waals surface area contributed by atoms with Gasteiger partial charge >= 0.3 is 6.03 Å². The smallest absolute Gasteiger partial charge is 0.314 e. The molecule has 0 unspecified atom stereocenters. The summed E-state index contributed by atoms with van der Waals surface area (Å²) >= 11 is 5.89. The zero-order chi connectivity index (χ0) is 16.0. The highest BCUT2D eigenvalue weighted by atomic mass is 35.5. The number of nitrogens with zero attached hydrogens (tertiary/aromatic N) is 3. The second kappa shape index (κ2) is 5.45. The molecule has 7 heteroatoms. The summed E-state index contributed by atoms with van der Waals surface area (Å²) in [5.41, 5.74) is 2.06. The SMILES string of the molecule is O=C(Nc1cncc(Cl)c1)N1[C@@H]2CC[C@H]1c1ccnc(F)c1C2. The summed E-state index contributed by atoms with van der Waals surface area (Å²) in [6.07, 6.45) is 6.72. The van der Waals surface area contributed by atoms with Crippen LogP contribution in [0.2, 0.25) is 5.02 Å². The number of carbonyl (C=O) groups excluding carboxylic acids is 1. The number of urea groups is 1. The number of halogens is 2. The lowest BCUT2D eigenvalue weighted by molar-refractivity contribution is 0.178. The molecule has 0 spiro atoms. The Labute approximate surface area is 137 Å². The molecule has 2 amide bonds. The maximum Gasteiger partial charge on any atom is 0.322 e. The van der Waals surface area contributed by atoms with E-state index in [0.29, 0.717) is 22.7 Å². The van der Waals surface area contributed by atoms with Gasteiger partial charge in [-0.25, -0.2) is 9.78 Å². The van der Waals surface area contributed by atoms with Crippen molar-refractivity contribution in [3.8, 4) is 0 Å². The number of hydrogen-bond acceptors (Lipinski definition) is 3. The normalized spacial score (nSPS) is 21.9. The third kappa shape index (κ3) is 2.43. The first-order valence-electron chi connectivity index (χ1n) is 7.46. The Morgan fingerprint density at radius 2 is 2.26 bits per heavy atom. The van der Waals surface area contributed by atoms with Gasteiger partial charge in [0.15, 0.2) is 0 Å². The van der Waals surface area contributed by atoms with Crippen LogP contribution in [0, 0.1) is 5.95 Å². The topological polar surface area (TPSA) is 58.1 Å². The van der Waals surface area contributed by atoms with Gasteiger partial charge in [-0.1, -0.05) is 11.6 Å². The highest BCUT2D eigenvalue weighted by Crippen LogP contribution is 2.44. The van der Waals surface area contributed by atoms with Crippen molar-refractivity contribution in [3.05, 3.63) is 52.8 Å². The highest BCUT2D eigenvalue weighted by molar-refractivity contribution is 6.30. The predicted molar refractivity (Wildman–Crippen MR) is 83.8 cm³/mol. The lowest BCUT2D eigenvalue weighted by Gasteiger charge is -2.36. The monoisotopic (exact) mass is 332 g/mol. The van der Waals surface area contributed by atoms with E-state index in [1.807, 2.05) is 11.0 Å². The highest BCUT2D eigenvalue weighted by Gasteiger charge is 2.43. The molecule has 5 nitrogen and oxygen atoms in total. The molecule has 118 valence electrons. The van der Waals surface area contributed by atoms with Crippen LogP contribution in [-0.4, -0.2) is 26.9 Å². The Morgan fingerprint density at radius 3 is 3.09 bits per heavy atom. The fraction of sp³-hybridized carbons (Fsp3) is 0.312. The Kier molecular flexibility index (Phi) is 3.41. The standard InChI is InChI=1S/C16H14ClFN4O/c17-9-5-10(8-19-7-9)21-16(23)22-11-1-2-14(22)12-3-4-20-15(18)13(12)6-11/h3-5,7-8,11,14H,1-2,6H2,(H,21,23)/t11-,14+/m1/s1. The maximum atomic E-state index is 13.9. The van der Waals surface area contributed by atoms with E-state index in [0.717, 1.165) is 18.4 Å². The third-order valence-electron chi connectivity index (χ3n) is 4.53. The number of nitrogens with one attached hydrogen (secondary N) is 1. The maximum absolute atomic E-state index is 13.9. The van der Waals surface area contributed by atoms with E-state index in [9.17, 15) is 9.18 Å². The Balaban J connectivity index is 1.62. The van der Waals surface area contributed by atoms with Crippen LogP contribution in [0.25, 0.3) is 0 Å². The predicted octanol–water partition coefficient (Wildman–Crippen LogP) is 3.56. The number of aromatic nitrogens is 2. The van der Waals surface area contributed by atoms with Gasteiger partial charge in [0.1, 0.15) is 0 Å².